The summed E-state index contributed by atoms with van der Waals surface area (Å²) in [5.74, 6) is 1.01. The average molecular weight is 264 g/mol. The number of benzene rings is 1. The Kier molecular flexibility index (Phi) is 3.84. The van der Waals surface area contributed by atoms with Crippen molar-refractivity contribution in [2.24, 2.45) is 0 Å². The number of rotatable bonds is 5. The zero-order valence-electron chi connectivity index (χ0n) is 9.75. The quantitative estimate of drug-likeness (QED) is 0.895. The van der Waals surface area contributed by atoms with E-state index in [1.54, 1.807) is 17.5 Å². The third-order valence-electron chi connectivity index (χ3n) is 2.16. The normalized spacial score (nSPS) is 10.1. The summed E-state index contributed by atoms with van der Waals surface area (Å²) >= 11 is 1.14. The molecule has 0 atom stereocenters. The first-order chi connectivity index (χ1) is 8.69. The van der Waals surface area contributed by atoms with E-state index in [2.05, 4.69) is 0 Å². The van der Waals surface area contributed by atoms with Crippen LogP contribution in [-0.2, 0) is 0 Å². The first kappa shape index (κ1) is 12.4. The first-order valence-electron chi connectivity index (χ1n) is 5.41. The lowest BCUT2D eigenvalue weighted by molar-refractivity contribution is 0.0702. The molecule has 1 aromatic heterocycles. The SMILES string of the molecule is CCOc1ccc(Oc2csc(C(=O)O)c2)cc1. The summed E-state index contributed by atoms with van der Waals surface area (Å²) < 4.78 is 10.8. The number of ether oxygens (including phenoxy) is 2. The van der Waals surface area contributed by atoms with E-state index in [0.717, 1.165) is 17.1 Å². The summed E-state index contributed by atoms with van der Waals surface area (Å²) in [5.41, 5.74) is 0. The highest BCUT2D eigenvalue weighted by molar-refractivity contribution is 7.12. The fourth-order valence-electron chi connectivity index (χ4n) is 1.39. The van der Waals surface area contributed by atoms with Gasteiger partial charge >= 0.3 is 5.97 Å². The molecule has 0 fully saturated rings. The molecular formula is C13H12O4S. The van der Waals surface area contributed by atoms with Crippen molar-refractivity contribution in [1.82, 2.24) is 0 Å². The maximum absolute atomic E-state index is 10.7. The molecule has 94 valence electrons. The minimum atomic E-state index is -0.943. The zero-order chi connectivity index (χ0) is 13.0. The monoisotopic (exact) mass is 264 g/mol. The van der Waals surface area contributed by atoms with Crippen molar-refractivity contribution < 1.29 is 19.4 Å². The fraction of sp³-hybridized carbons (Fsp3) is 0.154. The van der Waals surface area contributed by atoms with E-state index in [-0.39, 0.29) is 4.88 Å². The molecule has 0 aliphatic heterocycles. The van der Waals surface area contributed by atoms with Crippen molar-refractivity contribution in [2.45, 2.75) is 6.92 Å². The van der Waals surface area contributed by atoms with Gasteiger partial charge in [-0.3, -0.25) is 0 Å². The van der Waals surface area contributed by atoms with Crippen LogP contribution in [0.4, 0.5) is 0 Å². The van der Waals surface area contributed by atoms with Gasteiger partial charge in [-0.25, -0.2) is 4.79 Å². The van der Waals surface area contributed by atoms with Crippen LogP contribution in [0.3, 0.4) is 0 Å². The molecule has 1 N–H and O–H groups in total. The molecule has 5 heteroatoms. The van der Waals surface area contributed by atoms with Gasteiger partial charge in [-0.15, -0.1) is 11.3 Å². The van der Waals surface area contributed by atoms with Crippen molar-refractivity contribution in [2.75, 3.05) is 6.61 Å². The van der Waals surface area contributed by atoms with E-state index in [1.807, 2.05) is 19.1 Å². The van der Waals surface area contributed by atoms with Crippen LogP contribution in [0.2, 0.25) is 0 Å². The Morgan fingerprint density at radius 3 is 2.44 bits per heavy atom. The molecular weight excluding hydrogens is 252 g/mol. The van der Waals surface area contributed by atoms with Crippen LogP contribution >= 0.6 is 11.3 Å². The van der Waals surface area contributed by atoms with E-state index < -0.39 is 5.97 Å². The molecule has 1 heterocycles. The van der Waals surface area contributed by atoms with Gasteiger partial charge in [-0.05, 0) is 31.2 Å². The molecule has 0 aliphatic rings. The molecule has 2 aromatic rings. The largest absolute Gasteiger partial charge is 0.494 e. The molecule has 4 nitrogen and oxygen atoms in total. The molecule has 1 aromatic carbocycles. The Balaban J connectivity index is 2.06. The van der Waals surface area contributed by atoms with Gasteiger partial charge < -0.3 is 14.6 Å². The third kappa shape index (κ3) is 3.01. The van der Waals surface area contributed by atoms with Crippen LogP contribution in [0.25, 0.3) is 0 Å². The molecule has 0 bridgehead atoms. The van der Waals surface area contributed by atoms with Gasteiger partial charge in [0.1, 0.15) is 22.1 Å². The van der Waals surface area contributed by atoms with E-state index in [0.29, 0.717) is 18.1 Å². The topological polar surface area (TPSA) is 55.8 Å². The van der Waals surface area contributed by atoms with Crippen molar-refractivity contribution >= 4 is 17.3 Å². The first-order valence-corrected chi connectivity index (χ1v) is 6.29. The van der Waals surface area contributed by atoms with Crippen molar-refractivity contribution in [1.29, 1.82) is 0 Å². The molecule has 18 heavy (non-hydrogen) atoms. The number of hydrogen-bond donors (Lipinski definition) is 1. The van der Waals surface area contributed by atoms with Gasteiger partial charge in [0.2, 0.25) is 0 Å². The average Bonchev–Trinajstić information content (AvgIpc) is 2.81. The second-order valence-electron chi connectivity index (χ2n) is 3.46. The number of carboxylic acid groups (broad SMARTS) is 1. The van der Waals surface area contributed by atoms with Gasteiger partial charge in [-0.1, -0.05) is 0 Å². The summed E-state index contributed by atoms with van der Waals surface area (Å²) in [6.45, 7) is 2.54. The van der Waals surface area contributed by atoms with Crippen LogP contribution in [0.15, 0.2) is 35.7 Å². The third-order valence-corrected chi connectivity index (χ3v) is 3.05. The van der Waals surface area contributed by atoms with Crippen LogP contribution in [0, 0.1) is 0 Å². The Bertz CT molecular complexity index is 530. The summed E-state index contributed by atoms with van der Waals surface area (Å²) in [7, 11) is 0. The standard InChI is InChI=1S/C13H12O4S/c1-2-16-9-3-5-10(6-4-9)17-11-7-12(13(14)15)18-8-11/h3-8H,2H2,1H3,(H,14,15). The summed E-state index contributed by atoms with van der Waals surface area (Å²) in [5, 5.41) is 10.5. The number of carbonyl (C=O) groups is 1. The molecule has 0 aliphatic carbocycles. The molecule has 0 saturated heterocycles. The maximum Gasteiger partial charge on any atom is 0.346 e. The van der Waals surface area contributed by atoms with E-state index in [1.165, 1.54) is 6.07 Å². The molecule has 2 rings (SSSR count). The predicted octanol–water partition coefficient (Wildman–Crippen LogP) is 3.64. The summed E-state index contributed by atoms with van der Waals surface area (Å²) in [4.78, 5) is 11.0. The molecule has 0 radical (unpaired) electrons. The highest BCUT2D eigenvalue weighted by Gasteiger charge is 2.08. The zero-order valence-corrected chi connectivity index (χ0v) is 10.6. The summed E-state index contributed by atoms with van der Waals surface area (Å²) in [6.07, 6.45) is 0. The number of hydrogen-bond acceptors (Lipinski definition) is 4. The number of aromatic carboxylic acids is 1. The van der Waals surface area contributed by atoms with Crippen LogP contribution < -0.4 is 9.47 Å². The minimum Gasteiger partial charge on any atom is -0.494 e. The Morgan fingerprint density at radius 2 is 1.89 bits per heavy atom. The second kappa shape index (κ2) is 5.55. The van der Waals surface area contributed by atoms with Gasteiger partial charge in [0.05, 0.1) is 6.61 Å². The Hall–Kier alpha value is -2.01. The highest BCUT2D eigenvalue weighted by Crippen LogP contribution is 2.28. The van der Waals surface area contributed by atoms with Gasteiger partial charge in [0, 0.05) is 11.4 Å². The lowest BCUT2D eigenvalue weighted by atomic mass is 10.3. The molecule has 0 spiro atoms. The van der Waals surface area contributed by atoms with Gasteiger partial charge in [0.15, 0.2) is 0 Å². The smallest absolute Gasteiger partial charge is 0.346 e. The lowest BCUT2D eigenvalue weighted by Crippen LogP contribution is -1.91. The fourth-order valence-corrected chi connectivity index (χ4v) is 2.04. The molecule has 0 saturated carbocycles. The predicted molar refractivity (Wildman–Crippen MR) is 69.0 cm³/mol. The Labute approximate surface area is 108 Å². The van der Waals surface area contributed by atoms with Crippen LogP contribution in [-0.4, -0.2) is 17.7 Å². The number of carboxylic acids is 1. The second-order valence-corrected chi connectivity index (χ2v) is 4.37. The van der Waals surface area contributed by atoms with Crippen molar-refractivity contribution in [3.63, 3.8) is 0 Å². The van der Waals surface area contributed by atoms with Gasteiger partial charge in [0.25, 0.3) is 0 Å². The maximum atomic E-state index is 10.7. The van der Waals surface area contributed by atoms with Crippen molar-refractivity contribution in [3.05, 3.63) is 40.6 Å². The highest BCUT2D eigenvalue weighted by atomic mass is 32.1. The number of thiophene rings is 1. The van der Waals surface area contributed by atoms with E-state index in [4.69, 9.17) is 14.6 Å². The minimum absolute atomic E-state index is 0.260. The van der Waals surface area contributed by atoms with E-state index in [9.17, 15) is 4.79 Å². The van der Waals surface area contributed by atoms with Crippen LogP contribution in [0.5, 0.6) is 17.2 Å². The van der Waals surface area contributed by atoms with Gasteiger partial charge in [-0.2, -0.15) is 0 Å². The lowest BCUT2D eigenvalue weighted by Gasteiger charge is -2.05. The Morgan fingerprint density at radius 1 is 1.22 bits per heavy atom. The van der Waals surface area contributed by atoms with Crippen LogP contribution in [0.1, 0.15) is 16.6 Å². The van der Waals surface area contributed by atoms with E-state index >= 15 is 0 Å². The van der Waals surface area contributed by atoms with Crippen molar-refractivity contribution in [3.8, 4) is 17.2 Å². The molecule has 0 amide bonds. The summed E-state index contributed by atoms with van der Waals surface area (Å²) in [6, 6.07) is 8.68. The molecule has 0 unspecified atom stereocenters.